The molecule has 1 fully saturated rings. The highest BCUT2D eigenvalue weighted by Gasteiger charge is 2.22. The number of carbonyl (C=O) groups is 2. The van der Waals surface area contributed by atoms with E-state index < -0.39 is 16.0 Å². The summed E-state index contributed by atoms with van der Waals surface area (Å²) >= 11 is 0. The number of hydrogen-bond acceptors (Lipinski definition) is 4. The van der Waals surface area contributed by atoms with E-state index in [2.05, 4.69) is 4.72 Å². The van der Waals surface area contributed by atoms with Crippen molar-refractivity contribution in [2.75, 3.05) is 16.2 Å². The fourth-order valence-corrected chi connectivity index (χ4v) is 3.92. The van der Waals surface area contributed by atoms with Gasteiger partial charge in [0.2, 0.25) is 5.91 Å². The third kappa shape index (κ3) is 3.55. The number of nitrogens with zero attached hydrogens (tertiary/aromatic N) is 1. The number of aryl methyl sites for hydroxylation is 1. The summed E-state index contributed by atoms with van der Waals surface area (Å²) in [5.74, 6) is -1.11. The second kappa shape index (κ2) is 6.80. The molecule has 0 aliphatic carbocycles. The van der Waals surface area contributed by atoms with Crippen molar-refractivity contribution in [1.82, 2.24) is 0 Å². The molecule has 0 radical (unpaired) electrons. The maximum absolute atomic E-state index is 12.6. The van der Waals surface area contributed by atoms with Gasteiger partial charge in [-0.2, -0.15) is 0 Å². The van der Waals surface area contributed by atoms with E-state index >= 15 is 0 Å². The number of sulfonamides is 1. The molecular weight excluding hydrogens is 356 g/mol. The van der Waals surface area contributed by atoms with Crippen LogP contribution in [0.2, 0.25) is 0 Å². The minimum atomic E-state index is -3.88. The number of carboxylic acids is 1. The van der Waals surface area contributed by atoms with Gasteiger partial charge < -0.3 is 10.0 Å². The summed E-state index contributed by atoms with van der Waals surface area (Å²) in [5.41, 5.74) is 1.48. The quantitative estimate of drug-likeness (QED) is 0.837. The van der Waals surface area contributed by atoms with Gasteiger partial charge in [0, 0.05) is 18.7 Å². The summed E-state index contributed by atoms with van der Waals surface area (Å²) in [6.45, 7) is 2.32. The molecule has 0 saturated carbocycles. The lowest BCUT2D eigenvalue weighted by molar-refractivity contribution is -0.117. The lowest BCUT2D eigenvalue weighted by atomic mass is 10.1. The number of benzene rings is 2. The topological polar surface area (TPSA) is 104 Å². The van der Waals surface area contributed by atoms with Crippen molar-refractivity contribution in [2.45, 2.75) is 24.7 Å². The van der Waals surface area contributed by atoms with E-state index in [9.17, 15) is 18.0 Å². The second-order valence-corrected chi connectivity index (χ2v) is 7.77. The van der Waals surface area contributed by atoms with Crippen LogP contribution in [0.4, 0.5) is 11.4 Å². The van der Waals surface area contributed by atoms with Crippen LogP contribution in [0.25, 0.3) is 0 Å². The molecule has 26 heavy (non-hydrogen) atoms. The largest absolute Gasteiger partial charge is 0.478 e. The molecule has 0 atom stereocenters. The van der Waals surface area contributed by atoms with E-state index in [1.54, 1.807) is 30.0 Å². The maximum atomic E-state index is 12.6. The van der Waals surface area contributed by atoms with Gasteiger partial charge >= 0.3 is 5.97 Å². The summed E-state index contributed by atoms with van der Waals surface area (Å²) in [6, 6.07) is 10.3. The minimum absolute atomic E-state index is 0.00352. The third-order valence-corrected chi connectivity index (χ3v) is 5.64. The Balaban J connectivity index is 1.85. The molecule has 1 amide bonds. The lowest BCUT2D eigenvalue weighted by Gasteiger charge is -2.16. The molecule has 3 rings (SSSR count). The van der Waals surface area contributed by atoms with Crippen molar-refractivity contribution >= 4 is 33.3 Å². The Morgan fingerprint density at radius 2 is 1.85 bits per heavy atom. The standard InChI is InChI=1S/C18H18N2O5S/c1-12-4-5-13(18(22)23)11-16(12)19-26(24,25)15-8-6-14(7-9-15)20-10-2-3-17(20)21/h4-9,11,19H,2-3,10H2,1H3,(H,22,23). The van der Waals surface area contributed by atoms with E-state index in [0.29, 0.717) is 24.2 Å². The monoisotopic (exact) mass is 374 g/mol. The number of nitrogens with one attached hydrogen (secondary N) is 1. The van der Waals surface area contributed by atoms with E-state index in [0.717, 1.165) is 6.42 Å². The van der Waals surface area contributed by atoms with Crippen molar-refractivity contribution in [2.24, 2.45) is 0 Å². The first-order valence-corrected chi connectivity index (χ1v) is 9.53. The lowest BCUT2D eigenvalue weighted by Crippen LogP contribution is -2.23. The average molecular weight is 374 g/mol. The van der Waals surface area contributed by atoms with Crippen LogP contribution >= 0.6 is 0 Å². The zero-order valence-corrected chi connectivity index (χ0v) is 14.9. The Kier molecular flexibility index (Phi) is 4.69. The molecular formula is C18H18N2O5S. The van der Waals surface area contributed by atoms with E-state index in [-0.39, 0.29) is 22.1 Å². The van der Waals surface area contributed by atoms with Gasteiger partial charge in [0.25, 0.3) is 10.0 Å². The Morgan fingerprint density at radius 3 is 2.42 bits per heavy atom. The summed E-state index contributed by atoms with van der Waals surface area (Å²) in [5, 5.41) is 9.06. The van der Waals surface area contributed by atoms with Crippen LogP contribution in [-0.4, -0.2) is 31.9 Å². The van der Waals surface area contributed by atoms with Gasteiger partial charge in [-0.3, -0.25) is 9.52 Å². The van der Waals surface area contributed by atoms with Crippen molar-refractivity contribution < 1.29 is 23.1 Å². The Hall–Kier alpha value is -2.87. The Morgan fingerprint density at radius 1 is 1.15 bits per heavy atom. The fourth-order valence-electron chi connectivity index (χ4n) is 2.80. The molecule has 2 N–H and O–H groups in total. The second-order valence-electron chi connectivity index (χ2n) is 6.08. The molecule has 0 aromatic heterocycles. The molecule has 0 bridgehead atoms. The number of amides is 1. The molecule has 1 saturated heterocycles. The van der Waals surface area contributed by atoms with Crippen LogP contribution in [0.15, 0.2) is 47.4 Å². The molecule has 1 heterocycles. The predicted octanol–water partition coefficient (Wildman–Crippen LogP) is 2.62. The van der Waals surface area contributed by atoms with Crippen molar-refractivity contribution in [3.63, 3.8) is 0 Å². The van der Waals surface area contributed by atoms with Crippen LogP contribution in [0.1, 0.15) is 28.8 Å². The predicted molar refractivity (Wildman–Crippen MR) is 97.0 cm³/mol. The number of rotatable bonds is 5. The highest BCUT2D eigenvalue weighted by atomic mass is 32.2. The van der Waals surface area contributed by atoms with Crippen molar-refractivity contribution in [1.29, 1.82) is 0 Å². The summed E-state index contributed by atoms with van der Waals surface area (Å²) in [7, 11) is -3.88. The SMILES string of the molecule is Cc1ccc(C(=O)O)cc1NS(=O)(=O)c1ccc(N2CCCC2=O)cc1. The smallest absolute Gasteiger partial charge is 0.335 e. The maximum Gasteiger partial charge on any atom is 0.335 e. The zero-order chi connectivity index (χ0) is 18.9. The summed E-state index contributed by atoms with van der Waals surface area (Å²) in [6.07, 6.45) is 1.29. The van der Waals surface area contributed by atoms with Crippen LogP contribution in [0.3, 0.4) is 0 Å². The highest BCUT2D eigenvalue weighted by molar-refractivity contribution is 7.92. The molecule has 1 aliphatic heterocycles. The van der Waals surface area contributed by atoms with Crippen LogP contribution in [0.5, 0.6) is 0 Å². The van der Waals surface area contributed by atoms with Gasteiger partial charge in [0.05, 0.1) is 16.1 Å². The van der Waals surface area contributed by atoms with Gasteiger partial charge in [-0.15, -0.1) is 0 Å². The van der Waals surface area contributed by atoms with Gasteiger partial charge in [0.1, 0.15) is 0 Å². The van der Waals surface area contributed by atoms with E-state index in [1.807, 2.05) is 0 Å². The molecule has 0 spiro atoms. The number of anilines is 2. The molecule has 136 valence electrons. The van der Waals surface area contributed by atoms with Gasteiger partial charge in [0.15, 0.2) is 0 Å². The van der Waals surface area contributed by atoms with Crippen molar-refractivity contribution in [3.05, 3.63) is 53.6 Å². The Bertz CT molecular complexity index is 968. The number of hydrogen-bond donors (Lipinski definition) is 2. The Labute approximate surface area is 151 Å². The first-order valence-electron chi connectivity index (χ1n) is 8.05. The summed E-state index contributed by atoms with van der Waals surface area (Å²) < 4.78 is 27.6. The molecule has 2 aromatic carbocycles. The van der Waals surface area contributed by atoms with E-state index in [4.69, 9.17) is 5.11 Å². The van der Waals surface area contributed by atoms with Crippen LogP contribution in [0, 0.1) is 6.92 Å². The summed E-state index contributed by atoms with van der Waals surface area (Å²) in [4.78, 5) is 24.5. The molecule has 2 aromatic rings. The number of carbonyl (C=O) groups excluding carboxylic acids is 1. The van der Waals surface area contributed by atoms with Gasteiger partial charge in [-0.1, -0.05) is 6.07 Å². The molecule has 7 nitrogen and oxygen atoms in total. The average Bonchev–Trinajstić information content (AvgIpc) is 3.02. The van der Waals surface area contributed by atoms with E-state index in [1.165, 1.54) is 24.3 Å². The third-order valence-electron chi connectivity index (χ3n) is 4.26. The minimum Gasteiger partial charge on any atom is -0.478 e. The first kappa shape index (κ1) is 17.9. The molecule has 8 heteroatoms. The van der Waals surface area contributed by atoms with Crippen LogP contribution < -0.4 is 9.62 Å². The fraction of sp³-hybridized carbons (Fsp3) is 0.222. The number of carboxylic acid groups (broad SMARTS) is 1. The van der Waals surface area contributed by atoms with Gasteiger partial charge in [-0.25, -0.2) is 13.2 Å². The zero-order valence-electron chi connectivity index (χ0n) is 14.1. The van der Waals surface area contributed by atoms with Crippen LogP contribution in [-0.2, 0) is 14.8 Å². The first-order chi connectivity index (χ1) is 12.3. The molecule has 1 aliphatic rings. The highest BCUT2D eigenvalue weighted by Crippen LogP contribution is 2.25. The van der Waals surface area contributed by atoms with Crippen molar-refractivity contribution in [3.8, 4) is 0 Å². The van der Waals surface area contributed by atoms with Gasteiger partial charge in [-0.05, 0) is 55.3 Å². The molecule has 0 unspecified atom stereocenters. The number of aromatic carboxylic acids is 1. The normalized spacial score (nSPS) is 14.5.